The van der Waals surface area contributed by atoms with Crippen molar-refractivity contribution in [3.63, 3.8) is 0 Å². The van der Waals surface area contributed by atoms with E-state index < -0.39 is 10.2 Å². The maximum Gasteiger partial charge on any atom is 0.297 e. The van der Waals surface area contributed by atoms with Gasteiger partial charge in [-0.25, -0.2) is 4.39 Å². The number of hydrogen-bond donors (Lipinski definition) is 0. The summed E-state index contributed by atoms with van der Waals surface area (Å²) in [6.07, 6.45) is 0. The van der Waals surface area contributed by atoms with Gasteiger partial charge >= 0.3 is 0 Å². The zero-order valence-corrected chi connectivity index (χ0v) is 6.27. The Bertz CT molecular complexity index is 71.4. The van der Waals surface area contributed by atoms with Crippen molar-refractivity contribution in [3.05, 3.63) is 0 Å². The molecule has 0 aromatic heterocycles. The number of hydrogen-bond acceptors (Lipinski definition) is 1. The van der Waals surface area contributed by atoms with Gasteiger partial charge in [-0.3, -0.25) is 0 Å². The molecule has 1 unspecified atom stereocenters. The molecule has 0 N–H and O–H groups in total. The van der Waals surface area contributed by atoms with Crippen molar-refractivity contribution in [2.24, 2.45) is 0 Å². The van der Waals surface area contributed by atoms with Crippen LogP contribution in [0.4, 0.5) is 4.39 Å². The molecule has 0 spiro atoms. The van der Waals surface area contributed by atoms with Gasteiger partial charge in [0.25, 0.3) is 4.59 Å². The van der Waals surface area contributed by atoms with Gasteiger partial charge in [-0.1, -0.05) is 34.8 Å². The van der Waals surface area contributed by atoms with Gasteiger partial charge in [0.2, 0.25) is 0 Å². The van der Waals surface area contributed by atoms with Gasteiger partial charge in [-0.15, -0.1) is 0 Å². The minimum Gasteiger partial charge on any atom is -0.360 e. The molecule has 0 aliphatic rings. The first-order valence-electron chi connectivity index (χ1n) is 1.72. The molecule has 0 aromatic carbocycles. The number of rotatable bonds is 2. The van der Waals surface area contributed by atoms with E-state index in [-0.39, 0.29) is 0 Å². The summed E-state index contributed by atoms with van der Waals surface area (Å²) in [5.74, 6) is 0. The summed E-state index contributed by atoms with van der Waals surface area (Å²) in [5, 5.41) is 0. The summed E-state index contributed by atoms with van der Waals surface area (Å²) < 4.78 is 13.8. The molecule has 0 radical (unpaired) electrons. The molecule has 1 nitrogen and oxygen atoms in total. The van der Waals surface area contributed by atoms with E-state index in [1.165, 1.54) is 7.11 Å². The molecule has 0 saturated heterocycles. The monoisotopic (exact) mass is 180 g/mol. The van der Waals surface area contributed by atoms with E-state index in [1.54, 1.807) is 0 Å². The maximum atomic E-state index is 12.1. The fraction of sp³-hybridized carbons (Fsp3) is 1.00. The Morgan fingerprint density at radius 2 is 2.00 bits per heavy atom. The Balaban J connectivity index is 3.62. The molecule has 0 heterocycles. The third-order valence-corrected chi connectivity index (χ3v) is 1.56. The third-order valence-electron chi connectivity index (χ3n) is 0.464. The molecule has 0 amide bonds. The van der Waals surface area contributed by atoms with Gasteiger partial charge in [0, 0.05) is 7.11 Å². The van der Waals surface area contributed by atoms with Crippen LogP contribution in [0.25, 0.3) is 0 Å². The molecule has 0 aromatic rings. The van der Waals surface area contributed by atoms with Gasteiger partial charge in [0.15, 0.2) is 5.56 Å². The Kier molecular flexibility index (Phi) is 3.35. The van der Waals surface area contributed by atoms with Crippen LogP contribution in [0.5, 0.6) is 0 Å². The van der Waals surface area contributed by atoms with Crippen LogP contribution >= 0.6 is 34.8 Å². The summed E-state index contributed by atoms with van der Waals surface area (Å²) in [5.41, 5.74) is -1.31. The van der Waals surface area contributed by atoms with Crippen molar-refractivity contribution < 1.29 is 9.13 Å². The molecule has 8 heavy (non-hydrogen) atoms. The summed E-state index contributed by atoms with van der Waals surface area (Å²) in [7, 11) is 1.21. The smallest absolute Gasteiger partial charge is 0.297 e. The van der Waals surface area contributed by atoms with Gasteiger partial charge in [-0.05, 0) is 0 Å². The molecule has 1 atom stereocenters. The van der Waals surface area contributed by atoms with Crippen molar-refractivity contribution in [2.75, 3.05) is 7.11 Å². The lowest BCUT2D eigenvalue weighted by Crippen LogP contribution is -2.21. The molecule has 5 heteroatoms. The molecule has 0 aliphatic carbocycles. The van der Waals surface area contributed by atoms with E-state index in [4.69, 9.17) is 34.8 Å². The van der Waals surface area contributed by atoms with Crippen LogP contribution in [0.2, 0.25) is 0 Å². The number of alkyl halides is 4. The highest BCUT2D eigenvalue weighted by Crippen LogP contribution is 2.30. The highest BCUT2D eigenvalue weighted by Gasteiger charge is 2.32. The van der Waals surface area contributed by atoms with Crippen LogP contribution in [0, 0.1) is 0 Å². The standard InChI is InChI=1S/C3H4Cl3FO/c1-8-2(4)3(5,6)7/h2H,1H3. The summed E-state index contributed by atoms with van der Waals surface area (Å²) in [6.45, 7) is 0. The van der Waals surface area contributed by atoms with Crippen LogP contribution in [0.1, 0.15) is 0 Å². The average molecular weight is 181 g/mol. The predicted molar refractivity (Wildman–Crippen MR) is 32.2 cm³/mol. The highest BCUT2D eigenvalue weighted by atomic mass is 35.5. The van der Waals surface area contributed by atoms with E-state index in [0.29, 0.717) is 0 Å². The second-order valence-corrected chi connectivity index (χ2v) is 2.78. The Labute approximate surface area is 61.7 Å². The van der Waals surface area contributed by atoms with E-state index in [1.807, 2.05) is 0 Å². The van der Waals surface area contributed by atoms with Crippen molar-refractivity contribution >= 4 is 34.8 Å². The van der Waals surface area contributed by atoms with Crippen molar-refractivity contribution in [3.8, 4) is 0 Å². The molecule has 0 saturated carbocycles. The zero-order valence-electron chi connectivity index (χ0n) is 4.00. The largest absolute Gasteiger partial charge is 0.360 e. The Morgan fingerprint density at radius 1 is 1.62 bits per heavy atom. The predicted octanol–water partition coefficient (Wildman–Crippen LogP) is 2.30. The minimum absolute atomic E-state index is 1.21. The van der Waals surface area contributed by atoms with Crippen LogP contribution in [-0.4, -0.2) is 17.3 Å². The molecule has 0 aliphatic heterocycles. The van der Waals surface area contributed by atoms with Crippen molar-refractivity contribution in [1.82, 2.24) is 0 Å². The maximum absolute atomic E-state index is 12.1. The lowest BCUT2D eigenvalue weighted by molar-refractivity contribution is 0.108. The summed E-state index contributed by atoms with van der Waals surface area (Å²) >= 11 is 14.7. The molecule has 50 valence electrons. The SMILES string of the molecule is COC(Cl)C(F)(Cl)Cl. The summed E-state index contributed by atoms with van der Waals surface area (Å²) in [4.78, 5) is 0. The normalized spacial score (nSPS) is 16.1. The molecule has 0 rings (SSSR count). The van der Waals surface area contributed by atoms with E-state index in [9.17, 15) is 4.39 Å². The van der Waals surface area contributed by atoms with E-state index >= 15 is 0 Å². The molecular weight excluding hydrogens is 177 g/mol. The first-order valence-corrected chi connectivity index (χ1v) is 2.91. The topological polar surface area (TPSA) is 9.23 Å². The lowest BCUT2D eigenvalue weighted by atomic mass is 10.8. The van der Waals surface area contributed by atoms with Gasteiger partial charge in [0.05, 0.1) is 0 Å². The third kappa shape index (κ3) is 2.92. The lowest BCUT2D eigenvalue weighted by Gasteiger charge is -2.13. The highest BCUT2D eigenvalue weighted by molar-refractivity contribution is 6.50. The first-order chi connectivity index (χ1) is 3.48. The Hall–Kier alpha value is 0.760. The quantitative estimate of drug-likeness (QED) is 0.594. The van der Waals surface area contributed by atoms with Gasteiger partial charge in [0.1, 0.15) is 0 Å². The Morgan fingerprint density at radius 3 is 2.00 bits per heavy atom. The van der Waals surface area contributed by atoms with Gasteiger partial charge < -0.3 is 4.74 Å². The molecule has 0 fully saturated rings. The van der Waals surface area contributed by atoms with E-state index in [2.05, 4.69) is 4.74 Å². The zero-order chi connectivity index (χ0) is 6.78. The second kappa shape index (κ2) is 3.06. The fourth-order valence-corrected chi connectivity index (χ4v) is 0.312. The number of halogens is 4. The van der Waals surface area contributed by atoms with E-state index in [0.717, 1.165) is 0 Å². The summed E-state index contributed by atoms with van der Waals surface area (Å²) in [6, 6.07) is 0. The second-order valence-electron chi connectivity index (χ2n) is 1.09. The average Bonchev–Trinajstić information content (AvgIpc) is 1.62. The van der Waals surface area contributed by atoms with Crippen molar-refractivity contribution in [1.29, 1.82) is 0 Å². The molecule has 0 bridgehead atoms. The molecular formula is C3H4Cl3FO. The first kappa shape index (κ1) is 8.76. The minimum atomic E-state index is -2.50. The van der Waals surface area contributed by atoms with Crippen molar-refractivity contribution in [2.45, 2.75) is 10.2 Å². The fourth-order valence-electron chi connectivity index (χ4n) is 0.134. The van der Waals surface area contributed by atoms with Crippen LogP contribution in [0.15, 0.2) is 0 Å². The van der Waals surface area contributed by atoms with Crippen LogP contribution in [0.3, 0.4) is 0 Å². The van der Waals surface area contributed by atoms with Crippen LogP contribution < -0.4 is 0 Å². The van der Waals surface area contributed by atoms with Crippen LogP contribution in [-0.2, 0) is 4.74 Å². The van der Waals surface area contributed by atoms with Gasteiger partial charge in [-0.2, -0.15) is 0 Å². The number of ether oxygens (including phenoxy) is 1. The number of methoxy groups -OCH3 is 1.